The van der Waals surface area contributed by atoms with E-state index < -0.39 is 0 Å². The Bertz CT molecular complexity index is 486. The molecular formula is C16H21NO. The summed E-state index contributed by atoms with van der Waals surface area (Å²) in [6.07, 6.45) is 3.46. The summed E-state index contributed by atoms with van der Waals surface area (Å²) in [5.41, 5.74) is 3.61. The van der Waals surface area contributed by atoms with E-state index in [1.54, 1.807) is 0 Å². The molecule has 1 atom stereocenters. The van der Waals surface area contributed by atoms with Crippen molar-refractivity contribution in [2.24, 2.45) is 11.3 Å². The second-order valence-electron chi connectivity index (χ2n) is 6.05. The fourth-order valence-corrected chi connectivity index (χ4v) is 3.38. The standard InChI is InChI=1S/C16H21NO/c1-11-3-4-12(2)13(9-11)15(18)14-10-16(14)5-7-17-8-6-16/h3-4,9,14,17H,5-8,10H2,1-2H3. The van der Waals surface area contributed by atoms with Crippen LogP contribution in [0.5, 0.6) is 0 Å². The van der Waals surface area contributed by atoms with Crippen molar-refractivity contribution in [3.63, 3.8) is 0 Å². The lowest BCUT2D eigenvalue weighted by atomic mass is 9.88. The quantitative estimate of drug-likeness (QED) is 0.809. The monoisotopic (exact) mass is 243 g/mol. The van der Waals surface area contributed by atoms with Crippen molar-refractivity contribution in [2.75, 3.05) is 13.1 Å². The van der Waals surface area contributed by atoms with E-state index in [-0.39, 0.29) is 0 Å². The third-order valence-electron chi connectivity index (χ3n) is 4.76. The van der Waals surface area contributed by atoms with Gasteiger partial charge in [-0.05, 0) is 63.2 Å². The topological polar surface area (TPSA) is 29.1 Å². The van der Waals surface area contributed by atoms with Crippen LogP contribution in [0.2, 0.25) is 0 Å². The Kier molecular flexibility index (Phi) is 2.78. The molecule has 1 heterocycles. The molecule has 1 aliphatic carbocycles. The van der Waals surface area contributed by atoms with Crippen LogP contribution in [0.3, 0.4) is 0 Å². The number of nitrogens with one attached hydrogen (secondary N) is 1. The molecule has 2 aliphatic rings. The molecule has 2 fully saturated rings. The fraction of sp³-hybridized carbons (Fsp3) is 0.562. The number of carbonyl (C=O) groups is 1. The molecule has 96 valence electrons. The van der Waals surface area contributed by atoms with Gasteiger partial charge in [0.2, 0.25) is 0 Å². The molecule has 1 aromatic rings. The van der Waals surface area contributed by atoms with Crippen LogP contribution < -0.4 is 5.32 Å². The highest BCUT2D eigenvalue weighted by Gasteiger charge is 2.57. The van der Waals surface area contributed by atoms with E-state index in [0.29, 0.717) is 17.1 Å². The minimum Gasteiger partial charge on any atom is -0.317 e. The number of aryl methyl sites for hydroxylation is 2. The molecule has 1 spiro atoms. The predicted octanol–water partition coefficient (Wildman–Crippen LogP) is 2.88. The first-order valence-electron chi connectivity index (χ1n) is 6.95. The maximum atomic E-state index is 12.6. The van der Waals surface area contributed by atoms with Gasteiger partial charge in [0.05, 0.1) is 0 Å². The molecule has 2 nitrogen and oxygen atoms in total. The second kappa shape index (κ2) is 4.20. The van der Waals surface area contributed by atoms with Crippen LogP contribution in [0.1, 0.15) is 40.7 Å². The van der Waals surface area contributed by atoms with Crippen molar-refractivity contribution in [2.45, 2.75) is 33.1 Å². The number of hydrogen-bond donors (Lipinski definition) is 1. The van der Waals surface area contributed by atoms with E-state index in [1.165, 1.54) is 18.4 Å². The van der Waals surface area contributed by atoms with Crippen LogP contribution in [0, 0.1) is 25.2 Å². The van der Waals surface area contributed by atoms with Gasteiger partial charge >= 0.3 is 0 Å². The first-order valence-corrected chi connectivity index (χ1v) is 6.95. The summed E-state index contributed by atoms with van der Waals surface area (Å²) in [6, 6.07) is 6.21. The molecule has 0 aromatic heterocycles. The lowest BCUT2D eigenvalue weighted by Gasteiger charge is -2.23. The van der Waals surface area contributed by atoms with Crippen molar-refractivity contribution in [3.8, 4) is 0 Å². The third-order valence-corrected chi connectivity index (χ3v) is 4.76. The minimum atomic E-state index is 0.292. The summed E-state index contributed by atoms with van der Waals surface area (Å²) in [6.45, 7) is 6.26. The Hall–Kier alpha value is -1.15. The van der Waals surface area contributed by atoms with Gasteiger partial charge in [0.25, 0.3) is 0 Å². The van der Waals surface area contributed by atoms with E-state index in [1.807, 2.05) is 6.92 Å². The molecule has 18 heavy (non-hydrogen) atoms. The molecule has 1 saturated heterocycles. The highest BCUT2D eigenvalue weighted by molar-refractivity contribution is 6.01. The second-order valence-corrected chi connectivity index (χ2v) is 6.05. The van der Waals surface area contributed by atoms with Gasteiger partial charge in [-0.1, -0.05) is 17.7 Å². The maximum Gasteiger partial charge on any atom is 0.166 e. The molecule has 1 saturated carbocycles. The number of Topliss-reactive ketones (excluding diaryl/α,β-unsaturated/α-hetero) is 1. The first-order chi connectivity index (χ1) is 8.62. The van der Waals surface area contributed by atoms with Gasteiger partial charge in [-0.3, -0.25) is 4.79 Å². The van der Waals surface area contributed by atoms with Gasteiger partial charge in [0.1, 0.15) is 0 Å². The van der Waals surface area contributed by atoms with Crippen LogP contribution in [0.25, 0.3) is 0 Å². The molecule has 0 radical (unpaired) electrons. The lowest BCUT2D eigenvalue weighted by molar-refractivity contribution is 0.0940. The molecule has 0 amide bonds. The molecule has 0 bridgehead atoms. The molecule has 1 aliphatic heterocycles. The van der Waals surface area contributed by atoms with Gasteiger partial charge in [0, 0.05) is 11.5 Å². The summed E-state index contributed by atoms with van der Waals surface area (Å²) < 4.78 is 0. The Morgan fingerprint density at radius 3 is 2.72 bits per heavy atom. The van der Waals surface area contributed by atoms with Crippen LogP contribution in [-0.2, 0) is 0 Å². The fourth-order valence-electron chi connectivity index (χ4n) is 3.38. The Labute approximate surface area is 109 Å². The zero-order chi connectivity index (χ0) is 12.8. The van der Waals surface area contributed by atoms with Crippen molar-refractivity contribution in [3.05, 3.63) is 34.9 Å². The van der Waals surface area contributed by atoms with Crippen LogP contribution in [0.15, 0.2) is 18.2 Å². The predicted molar refractivity (Wildman–Crippen MR) is 72.9 cm³/mol. The number of rotatable bonds is 2. The van der Waals surface area contributed by atoms with Crippen molar-refractivity contribution < 1.29 is 4.79 Å². The molecular weight excluding hydrogens is 222 g/mol. The SMILES string of the molecule is Cc1ccc(C)c(C(=O)C2CC23CCNCC3)c1. The summed E-state index contributed by atoms with van der Waals surface area (Å²) in [5.74, 6) is 0.679. The third kappa shape index (κ3) is 1.89. The normalized spacial score (nSPS) is 25.1. The Balaban J connectivity index is 1.82. The number of ketones is 1. The smallest absolute Gasteiger partial charge is 0.166 e. The molecule has 2 heteroatoms. The maximum absolute atomic E-state index is 12.6. The minimum absolute atomic E-state index is 0.292. The highest BCUT2D eigenvalue weighted by Crippen LogP contribution is 2.59. The zero-order valence-corrected chi connectivity index (χ0v) is 11.3. The molecule has 3 rings (SSSR count). The van der Waals surface area contributed by atoms with Crippen molar-refractivity contribution in [1.82, 2.24) is 5.32 Å². The molecule has 1 N–H and O–H groups in total. The van der Waals surface area contributed by atoms with E-state index in [4.69, 9.17) is 0 Å². The van der Waals surface area contributed by atoms with Crippen LogP contribution >= 0.6 is 0 Å². The average molecular weight is 243 g/mol. The van der Waals surface area contributed by atoms with Crippen molar-refractivity contribution >= 4 is 5.78 Å². The first kappa shape index (κ1) is 11.9. The highest BCUT2D eigenvalue weighted by atomic mass is 16.1. The van der Waals surface area contributed by atoms with E-state index in [0.717, 1.165) is 30.6 Å². The van der Waals surface area contributed by atoms with Crippen molar-refractivity contribution in [1.29, 1.82) is 0 Å². The molecule has 1 aromatic carbocycles. The van der Waals surface area contributed by atoms with E-state index in [2.05, 4.69) is 30.4 Å². The van der Waals surface area contributed by atoms with E-state index >= 15 is 0 Å². The van der Waals surface area contributed by atoms with Gasteiger partial charge in [-0.15, -0.1) is 0 Å². The van der Waals surface area contributed by atoms with Crippen LogP contribution in [0.4, 0.5) is 0 Å². The number of benzene rings is 1. The number of carbonyl (C=O) groups excluding carboxylic acids is 1. The summed E-state index contributed by atoms with van der Waals surface area (Å²) >= 11 is 0. The van der Waals surface area contributed by atoms with Gasteiger partial charge < -0.3 is 5.32 Å². The largest absolute Gasteiger partial charge is 0.317 e. The number of hydrogen-bond acceptors (Lipinski definition) is 2. The summed E-state index contributed by atoms with van der Waals surface area (Å²) in [5, 5.41) is 3.39. The molecule has 1 unspecified atom stereocenters. The van der Waals surface area contributed by atoms with E-state index in [9.17, 15) is 4.79 Å². The Morgan fingerprint density at radius 2 is 2.00 bits per heavy atom. The zero-order valence-electron chi connectivity index (χ0n) is 11.3. The Morgan fingerprint density at radius 1 is 1.28 bits per heavy atom. The average Bonchev–Trinajstić information content (AvgIpc) is 3.06. The van der Waals surface area contributed by atoms with Gasteiger partial charge in [0.15, 0.2) is 5.78 Å². The lowest BCUT2D eigenvalue weighted by Crippen LogP contribution is -2.30. The number of piperidine rings is 1. The van der Waals surface area contributed by atoms with Gasteiger partial charge in [-0.2, -0.15) is 0 Å². The summed E-state index contributed by atoms with van der Waals surface area (Å²) in [7, 11) is 0. The van der Waals surface area contributed by atoms with Crippen LogP contribution in [-0.4, -0.2) is 18.9 Å². The summed E-state index contributed by atoms with van der Waals surface area (Å²) in [4.78, 5) is 12.6. The van der Waals surface area contributed by atoms with Gasteiger partial charge in [-0.25, -0.2) is 0 Å².